The van der Waals surface area contributed by atoms with Crippen LogP contribution in [0, 0.1) is 28.9 Å². The molecule has 1 aromatic rings. The van der Waals surface area contributed by atoms with E-state index in [9.17, 15) is 17.2 Å². The number of halogens is 2. The Morgan fingerprint density at radius 1 is 1.21 bits per heavy atom. The summed E-state index contributed by atoms with van der Waals surface area (Å²) in [6.07, 6.45) is 2.35. The predicted molar refractivity (Wildman–Crippen MR) is 64.9 cm³/mol. The molecule has 0 radical (unpaired) electrons. The lowest BCUT2D eigenvalue weighted by Crippen LogP contribution is -2.32. The molecule has 0 spiro atoms. The molecule has 6 heteroatoms. The van der Waals surface area contributed by atoms with E-state index in [4.69, 9.17) is 5.26 Å². The third-order valence-electron chi connectivity index (χ3n) is 3.47. The lowest BCUT2D eigenvalue weighted by atomic mass is 9.90. The van der Waals surface area contributed by atoms with E-state index in [1.807, 2.05) is 6.07 Å². The van der Waals surface area contributed by atoms with E-state index >= 15 is 0 Å². The fourth-order valence-corrected chi connectivity index (χ4v) is 4.51. The van der Waals surface area contributed by atoms with Crippen molar-refractivity contribution in [2.45, 2.75) is 35.8 Å². The lowest BCUT2D eigenvalue weighted by Gasteiger charge is -2.26. The van der Waals surface area contributed by atoms with Gasteiger partial charge in [-0.1, -0.05) is 12.8 Å². The fraction of sp³-hybridized carbons (Fsp3) is 0.462. The Kier molecular flexibility index (Phi) is 3.85. The maximum atomic E-state index is 13.6. The van der Waals surface area contributed by atoms with Crippen molar-refractivity contribution in [3.05, 3.63) is 29.8 Å². The van der Waals surface area contributed by atoms with E-state index in [-0.39, 0.29) is 0 Å². The molecule has 0 aromatic heterocycles. The second-order valence-corrected chi connectivity index (χ2v) is 6.81. The Hall–Kier alpha value is -1.48. The summed E-state index contributed by atoms with van der Waals surface area (Å²) >= 11 is 0. The average molecular weight is 285 g/mol. The number of hydrogen-bond acceptors (Lipinski definition) is 3. The molecule has 3 nitrogen and oxygen atoms in total. The molecule has 1 aromatic carbocycles. The van der Waals surface area contributed by atoms with Crippen molar-refractivity contribution in [1.29, 1.82) is 5.26 Å². The maximum absolute atomic E-state index is 13.6. The number of rotatable bonds is 2. The number of sulfone groups is 1. The van der Waals surface area contributed by atoms with Gasteiger partial charge in [-0.25, -0.2) is 17.2 Å². The van der Waals surface area contributed by atoms with Crippen LogP contribution in [0.2, 0.25) is 0 Å². The van der Waals surface area contributed by atoms with Gasteiger partial charge in [-0.05, 0) is 25.0 Å². The van der Waals surface area contributed by atoms with Crippen molar-refractivity contribution in [3.63, 3.8) is 0 Å². The Morgan fingerprint density at radius 3 is 2.53 bits per heavy atom. The van der Waals surface area contributed by atoms with Crippen molar-refractivity contribution < 1.29 is 17.2 Å². The van der Waals surface area contributed by atoms with E-state index in [0.717, 1.165) is 18.6 Å². The van der Waals surface area contributed by atoms with Crippen LogP contribution in [0.1, 0.15) is 25.7 Å². The molecule has 0 saturated heterocycles. The maximum Gasteiger partial charge on any atom is 0.185 e. The molecule has 19 heavy (non-hydrogen) atoms. The molecular formula is C13H13F2NO2S. The largest absolute Gasteiger partial charge is 0.223 e. The first-order valence-corrected chi connectivity index (χ1v) is 7.60. The van der Waals surface area contributed by atoms with E-state index in [2.05, 4.69) is 0 Å². The van der Waals surface area contributed by atoms with Crippen LogP contribution in [0.4, 0.5) is 8.78 Å². The van der Waals surface area contributed by atoms with E-state index < -0.39 is 37.5 Å². The Bertz CT molecular complexity index is 622. The van der Waals surface area contributed by atoms with Crippen molar-refractivity contribution in [1.82, 2.24) is 0 Å². The Balaban J connectivity index is 2.44. The van der Waals surface area contributed by atoms with Crippen molar-refractivity contribution >= 4 is 9.84 Å². The zero-order valence-corrected chi connectivity index (χ0v) is 11.0. The minimum atomic E-state index is -3.93. The van der Waals surface area contributed by atoms with Gasteiger partial charge in [-0.3, -0.25) is 0 Å². The highest BCUT2D eigenvalue weighted by atomic mass is 32.2. The summed E-state index contributed by atoms with van der Waals surface area (Å²) in [6.45, 7) is 0. The molecule has 2 rings (SSSR count). The standard InChI is InChI=1S/C13H13F2NO2S/c14-10-5-6-13(11(15)7-10)19(17,18)12-4-2-1-3-9(12)8-16/h5-7,9,12H,1-4H2. The first-order chi connectivity index (χ1) is 8.96. The average Bonchev–Trinajstić information content (AvgIpc) is 2.38. The summed E-state index contributed by atoms with van der Waals surface area (Å²) in [5.74, 6) is -2.54. The highest BCUT2D eigenvalue weighted by Gasteiger charge is 2.38. The quantitative estimate of drug-likeness (QED) is 0.785. The predicted octanol–water partition coefficient (Wildman–Crippen LogP) is 2.82. The van der Waals surface area contributed by atoms with Gasteiger partial charge in [-0.2, -0.15) is 5.26 Å². The molecule has 1 saturated carbocycles. The van der Waals surface area contributed by atoms with Crippen LogP contribution >= 0.6 is 0 Å². The first kappa shape index (κ1) is 13.9. The molecule has 0 bridgehead atoms. The molecule has 0 heterocycles. The zero-order valence-electron chi connectivity index (χ0n) is 10.1. The minimum Gasteiger partial charge on any atom is -0.223 e. The molecular weight excluding hydrogens is 272 g/mol. The molecule has 1 aliphatic rings. The van der Waals surface area contributed by atoms with Crippen LogP contribution in [0.3, 0.4) is 0 Å². The van der Waals surface area contributed by atoms with Crippen molar-refractivity contribution in [2.24, 2.45) is 5.92 Å². The zero-order chi connectivity index (χ0) is 14.0. The highest BCUT2D eigenvalue weighted by Crippen LogP contribution is 2.33. The van der Waals surface area contributed by atoms with E-state index in [1.165, 1.54) is 0 Å². The van der Waals surface area contributed by atoms with Crippen LogP contribution in [-0.2, 0) is 9.84 Å². The van der Waals surface area contributed by atoms with Crippen LogP contribution in [-0.4, -0.2) is 13.7 Å². The van der Waals surface area contributed by atoms with Gasteiger partial charge in [0.25, 0.3) is 0 Å². The minimum absolute atomic E-state index is 0.345. The van der Waals surface area contributed by atoms with Gasteiger partial charge in [0.2, 0.25) is 0 Å². The summed E-state index contributed by atoms with van der Waals surface area (Å²) in [7, 11) is -3.93. The summed E-state index contributed by atoms with van der Waals surface area (Å²) in [5, 5.41) is 8.12. The molecule has 1 fully saturated rings. The first-order valence-electron chi connectivity index (χ1n) is 6.05. The molecule has 0 amide bonds. The molecule has 2 atom stereocenters. The number of hydrogen-bond donors (Lipinski definition) is 0. The van der Waals surface area contributed by atoms with Crippen LogP contribution in [0.15, 0.2) is 23.1 Å². The van der Waals surface area contributed by atoms with Gasteiger partial charge in [-0.15, -0.1) is 0 Å². The van der Waals surface area contributed by atoms with Crippen LogP contribution in [0.25, 0.3) is 0 Å². The number of nitrogens with zero attached hydrogens (tertiary/aromatic N) is 1. The summed E-state index contributed by atoms with van der Waals surface area (Å²) in [6, 6.07) is 4.39. The molecule has 2 unspecified atom stereocenters. The third kappa shape index (κ3) is 2.61. The van der Waals surface area contributed by atoms with Gasteiger partial charge in [0.15, 0.2) is 9.84 Å². The Labute approximate surface area is 110 Å². The number of nitriles is 1. The second-order valence-electron chi connectivity index (χ2n) is 4.68. The van der Waals surface area contributed by atoms with Gasteiger partial charge < -0.3 is 0 Å². The van der Waals surface area contributed by atoms with E-state index in [0.29, 0.717) is 25.3 Å². The molecule has 102 valence electrons. The third-order valence-corrected chi connectivity index (χ3v) is 5.77. The van der Waals surface area contributed by atoms with Crippen LogP contribution < -0.4 is 0 Å². The SMILES string of the molecule is N#CC1CCCCC1S(=O)(=O)c1ccc(F)cc1F. The monoisotopic (exact) mass is 285 g/mol. The van der Waals surface area contributed by atoms with E-state index in [1.54, 1.807) is 0 Å². The van der Waals surface area contributed by atoms with Gasteiger partial charge >= 0.3 is 0 Å². The normalized spacial score (nSPS) is 23.8. The highest BCUT2D eigenvalue weighted by molar-refractivity contribution is 7.92. The molecule has 1 aliphatic carbocycles. The van der Waals surface area contributed by atoms with Crippen molar-refractivity contribution in [3.8, 4) is 6.07 Å². The van der Waals surface area contributed by atoms with Crippen LogP contribution in [0.5, 0.6) is 0 Å². The lowest BCUT2D eigenvalue weighted by molar-refractivity contribution is 0.417. The Morgan fingerprint density at radius 2 is 1.89 bits per heavy atom. The topological polar surface area (TPSA) is 57.9 Å². The fourth-order valence-electron chi connectivity index (χ4n) is 2.48. The van der Waals surface area contributed by atoms with Gasteiger partial charge in [0, 0.05) is 6.07 Å². The molecule has 0 N–H and O–H groups in total. The second kappa shape index (κ2) is 5.25. The smallest absolute Gasteiger partial charge is 0.185 e. The van der Waals surface area contributed by atoms with Gasteiger partial charge in [0.05, 0.1) is 17.2 Å². The summed E-state index contributed by atoms with van der Waals surface area (Å²) in [4.78, 5) is -0.513. The summed E-state index contributed by atoms with van der Waals surface area (Å²) < 4.78 is 51.2. The number of benzene rings is 1. The van der Waals surface area contributed by atoms with Crippen molar-refractivity contribution in [2.75, 3.05) is 0 Å². The summed E-state index contributed by atoms with van der Waals surface area (Å²) in [5.41, 5.74) is 0. The molecule has 0 aliphatic heterocycles. The van der Waals surface area contributed by atoms with Gasteiger partial charge in [0.1, 0.15) is 16.5 Å².